The van der Waals surface area contributed by atoms with Crippen molar-refractivity contribution < 1.29 is 4.79 Å². The van der Waals surface area contributed by atoms with Gasteiger partial charge in [0.05, 0.1) is 28.3 Å². The average Bonchev–Trinajstić information content (AvgIpc) is 2.88. The van der Waals surface area contributed by atoms with Crippen LogP contribution >= 0.6 is 11.8 Å². The fourth-order valence-corrected chi connectivity index (χ4v) is 4.11. The molecule has 1 aliphatic heterocycles. The number of aromatic nitrogens is 4. The number of thioether (sulfide) groups is 1. The summed E-state index contributed by atoms with van der Waals surface area (Å²) in [6.07, 6.45) is 3.27. The van der Waals surface area contributed by atoms with Crippen molar-refractivity contribution >= 4 is 23.5 Å². The van der Waals surface area contributed by atoms with E-state index >= 15 is 0 Å². The van der Waals surface area contributed by atoms with Crippen LogP contribution < -0.4 is 5.32 Å². The molecule has 1 amide bonds. The van der Waals surface area contributed by atoms with Crippen molar-refractivity contribution in [3.63, 3.8) is 0 Å². The Morgan fingerprint density at radius 1 is 1.27 bits per heavy atom. The first kappa shape index (κ1) is 16.3. The Kier molecular flexibility index (Phi) is 4.14. The van der Waals surface area contributed by atoms with Gasteiger partial charge in [-0.1, -0.05) is 12.1 Å². The van der Waals surface area contributed by atoms with E-state index in [1.807, 2.05) is 19.1 Å². The molecule has 2 aromatic heterocycles. The van der Waals surface area contributed by atoms with Gasteiger partial charge in [-0.05, 0) is 30.7 Å². The molecule has 0 saturated heterocycles. The Labute approximate surface area is 154 Å². The van der Waals surface area contributed by atoms with E-state index in [4.69, 9.17) is 5.26 Å². The fourth-order valence-electron chi connectivity index (χ4n) is 2.92. The van der Waals surface area contributed by atoms with Gasteiger partial charge in [-0.25, -0.2) is 9.97 Å². The molecule has 0 radical (unpaired) electrons. The van der Waals surface area contributed by atoms with Gasteiger partial charge in [0.15, 0.2) is 0 Å². The highest BCUT2D eigenvalue weighted by Crippen LogP contribution is 2.43. The van der Waals surface area contributed by atoms with Crippen molar-refractivity contribution in [2.75, 3.05) is 11.1 Å². The van der Waals surface area contributed by atoms with Gasteiger partial charge >= 0.3 is 0 Å². The number of carbonyl (C=O) groups excluding carboxylic acids is 1. The molecule has 4 rings (SSSR count). The van der Waals surface area contributed by atoms with Gasteiger partial charge in [-0.15, -0.1) is 11.8 Å². The first-order chi connectivity index (χ1) is 12.7. The van der Waals surface area contributed by atoms with Crippen LogP contribution in [0, 0.1) is 18.3 Å². The maximum Gasteiger partial charge on any atom is 0.252 e. The third-order valence-electron chi connectivity index (χ3n) is 4.09. The lowest BCUT2D eigenvalue weighted by Crippen LogP contribution is -2.16. The molecule has 0 saturated carbocycles. The number of aryl methyl sites for hydroxylation is 1. The molecule has 1 aromatic carbocycles. The van der Waals surface area contributed by atoms with Gasteiger partial charge in [0, 0.05) is 18.0 Å². The number of benzene rings is 1. The minimum atomic E-state index is -0.0931. The monoisotopic (exact) mass is 362 g/mol. The second-order valence-corrected chi connectivity index (χ2v) is 6.87. The summed E-state index contributed by atoms with van der Waals surface area (Å²) in [6.45, 7) is 1.91. The molecule has 1 aliphatic rings. The fraction of sp³-hybridized carbons (Fsp3) is 0.167. The van der Waals surface area contributed by atoms with E-state index < -0.39 is 0 Å². The molecule has 0 fully saturated rings. The summed E-state index contributed by atoms with van der Waals surface area (Å²) in [5.74, 6) is 1.24. The lowest BCUT2D eigenvalue weighted by molar-refractivity contribution is -0.113. The topological polar surface area (TPSA) is 96.5 Å². The van der Waals surface area contributed by atoms with E-state index in [0.717, 1.165) is 16.8 Å². The quantitative estimate of drug-likeness (QED) is 0.753. The summed E-state index contributed by atoms with van der Waals surface area (Å²) < 4.78 is 1.57. The number of hydrogen-bond donors (Lipinski definition) is 1. The SMILES string of the molecule is Cc1nn(-c2ncccn2)c2c1C(c1ccc(C#N)cc1)SCC(=O)N2. The molecule has 26 heavy (non-hydrogen) atoms. The minimum absolute atomic E-state index is 0.0749. The molecule has 7 nitrogen and oxygen atoms in total. The number of nitrogens with zero attached hydrogens (tertiary/aromatic N) is 5. The zero-order chi connectivity index (χ0) is 18.1. The van der Waals surface area contributed by atoms with Crippen LogP contribution in [0.2, 0.25) is 0 Å². The van der Waals surface area contributed by atoms with Crippen molar-refractivity contribution in [3.05, 3.63) is 65.1 Å². The van der Waals surface area contributed by atoms with Crippen molar-refractivity contribution in [1.82, 2.24) is 19.7 Å². The summed E-state index contributed by atoms with van der Waals surface area (Å²) >= 11 is 1.53. The Balaban J connectivity index is 1.87. The molecule has 1 N–H and O–H groups in total. The Bertz CT molecular complexity index is 1010. The standard InChI is InChI=1S/C18H14N6OS/c1-11-15-16(13-5-3-12(9-19)4-6-13)26-10-14(25)22-17(15)24(23-11)18-20-7-2-8-21-18/h2-8,16H,10H2,1H3,(H,22,25). The molecule has 0 spiro atoms. The van der Waals surface area contributed by atoms with Gasteiger partial charge in [-0.3, -0.25) is 4.79 Å². The van der Waals surface area contributed by atoms with Crippen molar-refractivity contribution in [1.29, 1.82) is 5.26 Å². The van der Waals surface area contributed by atoms with Gasteiger partial charge in [0.2, 0.25) is 5.91 Å². The molecule has 1 atom stereocenters. The second kappa shape index (κ2) is 6.61. The van der Waals surface area contributed by atoms with Gasteiger partial charge in [0.25, 0.3) is 5.95 Å². The molecule has 0 bridgehead atoms. The molecular weight excluding hydrogens is 348 g/mol. The van der Waals surface area contributed by atoms with E-state index in [-0.39, 0.29) is 11.2 Å². The predicted molar refractivity (Wildman–Crippen MR) is 98.0 cm³/mol. The lowest BCUT2D eigenvalue weighted by Gasteiger charge is -2.15. The number of fused-ring (bicyclic) bond motifs is 1. The molecular formula is C18H14N6OS. The van der Waals surface area contributed by atoms with Crippen molar-refractivity contribution in [2.45, 2.75) is 12.2 Å². The average molecular weight is 362 g/mol. The summed E-state index contributed by atoms with van der Waals surface area (Å²) in [7, 11) is 0. The third-order valence-corrected chi connectivity index (χ3v) is 5.36. The van der Waals surface area contributed by atoms with E-state index in [2.05, 4.69) is 26.5 Å². The molecule has 3 aromatic rings. The number of rotatable bonds is 2. The Morgan fingerprint density at radius 3 is 2.69 bits per heavy atom. The molecule has 128 valence electrons. The van der Waals surface area contributed by atoms with E-state index in [9.17, 15) is 4.79 Å². The van der Waals surface area contributed by atoms with Gasteiger partial charge in [0.1, 0.15) is 5.82 Å². The summed E-state index contributed by atoms with van der Waals surface area (Å²) in [4.78, 5) is 20.7. The number of carbonyl (C=O) groups is 1. The zero-order valence-electron chi connectivity index (χ0n) is 13.9. The minimum Gasteiger partial charge on any atom is -0.309 e. The van der Waals surface area contributed by atoms with Crippen LogP contribution in [0.25, 0.3) is 5.95 Å². The van der Waals surface area contributed by atoms with Crippen LogP contribution in [0.3, 0.4) is 0 Å². The number of anilines is 1. The molecule has 1 unspecified atom stereocenters. The molecule has 0 aliphatic carbocycles. The summed E-state index contributed by atoms with van der Waals surface area (Å²) in [5.41, 5.74) is 3.35. The highest BCUT2D eigenvalue weighted by molar-refractivity contribution is 8.00. The van der Waals surface area contributed by atoms with Gasteiger partial charge in [-0.2, -0.15) is 15.0 Å². The van der Waals surface area contributed by atoms with E-state index in [0.29, 0.717) is 23.1 Å². The van der Waals surface area contributed by atoms with Crippen LogP contribution in [0.1, 0.15) is 27.6 Å². The first-order valence-corrected chi connectivity index (χ1v) is 9.00. The third kappa shape index (κ3) is 2.82. The summed E-state index contributed by atoms with van der Waals surface area (Å²) in [6, 6.07) is 11.3. The van der Waals surface area contributed by atoms with E-state index in [1.165, 1.54) is 11.8 Å². The van der Waals surface area contributed by atoms with Gasteiger partial charge < -0.3 is 5.32 Å². The maximum atomic E-state index is 12.3. The number of nitrogens with one attached hydrogen (secondary N) is 1. The number of nitriles is 1. The highest BCUT2D eigenvalue weighted by Gasteiger charge is 2.31. The van der Waals surface area contributed by atoms with Crippen LogP contribution in [0.5, 0.6) is 0 Å². The van der Waals surface area contributed by atoms with Crippen molar-refractivity contribution in [2.24, 2.45) is 0 Å². The largest absolute Gasteiger partial charge is 0.309 e. The Hall–Kier alpha value is -3.18. The second-order valence-electron chi connectivity index (χ2n) is 5.78. The van der Waals surface area contributed by atoms with Crippen LogP contribution in [0.15, 0.2) is 42.7 Å². The van der Waals surface area contributed by atoms with Crippen LogP contribution in [-0.2, 0) is 4.79 Å². The maximum absolute atomic E-state index is 12.3. The first-order valence-electron chi connectivity index (χ1n) is 7.96. The smallest absolute Gasteiger partial charge is 0.252 e. The lowest BCUT2D eigenvalue weighted by atomic mass is 10.0. The predicted octanol–water partition coefficient (Wildman–Crippen LogP) is 2.62. The van der Waals surface area contributed by atoms with Crippen LogP contribution in [-0.4, -0.2) is 31.4 Å². The highest BCUT2D eigenvalue weighted by atomic mass is 32.2. The van der Waals surface area contributed by atoms with Crippen LogP contribution in [0.4, 0.5) is 5.82 Å². The molecule has 8 heteroatoms. The summed E-state index contributed by atoms with van der Waals surface area (Å²) in [5, 5.41) is 16.4. The van der Waals surface area contributed by atoms with E-state index in [1.54, 1.807) is 35.3 Å². The Morgan fingerprint density at radius 2 is 2.00 bits per heavy atom. The molecule has 3 heterocycles. The van der Waals surface area contributed by atoms with Crippen molar-refractivity contribution in [3.8, 4) is 12.0 Å². The normalized spacial score (nSPS) is 16.3. The zero-order valence-corrected chi connectivity index (χ0v) is 14.7. The number of amides is 1. The number of hydrogen-bond acceptors (Lipinski definition) is 6.